The zero-order valence-electron chi connectivity index (χ0n) is 27.0. The van der Waals surface area contributed by atoms with Gasteiger partial charge in [0.25, 0.3) is 0 Å². The number of imide groups is 2. The molecule has 0 aliphatic carbocycles. The smallest absolute Gasteiger partial charge is 0.336 e. The number of barbiturate groups is 1. The summed E-state index contributed by atoms with van der Waals surface area (Å²) in [6.07, 6.45) is 2.59. The maximum atomic E-state index is 13.7. The standard InChI is InChI=1S/C31H49N5O8/c1-9-14-21(6)17-22(37)18-34-26(41)32(16-11-3)27(42)35(28(34)43)20-23(38)19-33-24(39)31(12-4,13-5)25(40)36(29(33)44)30(7,8)15-10-2/h9,11,21-23,37-38H,1,3,10,12-20H2,2,4-8H3. The average Bonchev–Trinajstić information content (AvgIpc) is 2.94. The number of hydrogen-bond acceptors (Lipinski definition) is 8. The highest BCUT2D eigenvalue weighted by Gasteiger charge is 2.58. The summed E-state index contributed by atoms with van der Waals surface area (Å²) in [7, 11) is 0. The predicted molar refractivity (Wildman–Crippen MR) is 166 cm³/mol. The van der Waals surface area contributed by atoms with Crippen LogP contribution in [0.15, 0.2) is 39.7 Å². The summed E-state index contributed by atoms with van der Waals surface area (Å²) in [5.41, 5.74) is -5.44. The molecule has 1 aromatic heterocycles. The molecule has 13 nitrogen and oxygen atoms in total. The van der Waals surface area contributed by atoms with Gasteiger partial charge in [0.1, 0.15) is 5.41 Å². The van der Waals surface area contributed by atoms with Crippen molar-refractivity contribution in [3.63, 3.8) is 0 Å². The largest absolute Gasteiger partial charge is 0.391 e. The number of carbonyl (C=O) groups is 3. The molecule has 0 aromatic carbocycles. The average molecular weight is 620 g/mol. The first-order valence-electron chi connectivity index (χ1n) is 15.3. The molecule has 13 heteroatoms. The Kier molecular flexibility index (Phi) is 12.4. The third kappa shape index (κ3) is 7.20. The monoisotopic (exact) mass is 619 g/mol. The Hall–Kier alpha value is -3.58. The molecule has 3 atom stereocenters. The summed E-state index contributed by atoms with van der Waals surface area (Å²) in [4.78, 5) is 82.7. The van der Waals surface area contributed by atoms with Crippen molar-refractivity contribution in [1.82, 2.24) is 23.5 Å². The SMILES string of the molecule is C=CCC(C)CC(O)Cn1c(=O)n(CC=C)c(=O)n(CC(O)CN2C(=O)N(C(C)(C)CCC)C(=O)C(CC)(CC)C2=O)c1=O. The fourth-order valence-electron chi connectivity index (χ4n) is 6.02. The second-order valence-corrected chi connectivity index (χ2v) is 12.3. The molecular weight excluding hydrogens is 570 g/mol. The van der Waals surface area contributed by atoms with Crippen LogP contribution >= 0.6 is 0 Å². The van der Waals surface area contributed by atoms with E-state index in [-0.39, 0.29) is 31.7 Å². The summed E-state index contributed by atoms with van der Waals surface area (Å²) >= 11 is 0. The van der Waals surface area contributed by atoms with E-state index in [0.717, 1.165) is 18.9 Å². The maximum absolute atomic E-state index is 13.7. The summed E-state index contributed by atoms with van der Waals surface area (Å²) < 4.78 is 2.13. The number of urea groups is 1. The van der Waals surface area contributed by atoms with Crippen molar-refractivity contribution in [1.29, 1.82) is 0 Å². The van der Waals surface area contributed by atoms with Crippen LogP contribution in [-0.2, 0) is 29.2 Å². The minimum atomic E-state index is -1.61. The van der Waals surface area contributed by atoms with E-state index in [1.165, 1.54) is 6.08 Å². The molecule has 1 aromatic rings. The Bertz CT molecular complexity index is 1420. The lowest BCUT2D eigenvalue weighted by molar-refractivity contribution is -0.164. The molecule has 0 spiro atoms. The van der Waals surface area contributed by atoms with Crippen LogP contribution in [0.5, 0.6) is 0 Å². The van der Waals surface area contributed by atoms with E-state index in [0.29, 0.717) is 23.8 Å². The summed E-state index contributed by atoms with van der Waals surface area (Å²) in [6, 6.07) is -0.881. The molecule has 0 bridgehead atoms. The van der Waals surface area contributed by atoms with Gasteiger partial charge in [-0.1, -0.05) is 46.3 Å². The van der Waals surface area contributed by atoms with Gasteiger partial charge in [0.2, 0.25) is 11.8 Å². The highest BCUT2D eigenvalue weighted by atomic mass is 16.3. The van der Waals surface area contributed by atoms with Gasteiger partial charge >= 0.3 is 23.1 Å². The topological polar surface area (TPSA) is 164 Å². The van der Waals surface area contributed by atoms with Gasteiger partial charge in [0.15, 0.2) is 0 Å². The van der Waals surface area contributed by atoms with E-state index in [9.17, 15) is 39.0 Å². The highest BCUT2D eigenvalue weighted by molar-refractivity contribution is 6.19. The lowest BCUT2D eigenvalue weighted by atomic mass is 9.76. The lowest BCUT2D eigenvalue weighted by Crippen LogP contribution is -2.70. The van der Waals surface area contributed by atoms with Gasteiger partial charge in [-0.25, -0.2) is 32.9 Å². The molecule has 246 valence electrons. The highest BCUT2D eigenvalue weighted by Crippen LogP contribution is 2.40. The number of β-amino-alcohol motifs (C(OH)–C–C–N with tert-alkyl or cyclic N) is 1. The van der Waals surface area contributed by atoms with Gasteiger partial charge in [-0.15, -0.1) is 13.2 Å². The van der Waals surface area contributed by atoms with Crippen LogP contribution in [0.3, 0.4) is 0 Å². The molecule has 3 unspecified atom stereocenters. The second-order valence-electron chi connectivity index (χ2n) is 12.3. The number of aliphatic hydroxyl groups excluding tert-OH is 2. The summed E-state index contributed by atoms with van der Waals surface area (Å²) in [5, 5.41) is 21.7. The van der Waals surface area contributed by atoms with Crippen molar-refractivity contribution in [3.8, 4) is 0 Å². The van der Waals surface area contributed by atoms with Crippen molar-refractivity contribution in [2.75, 3.05) is 6.54 Å². The van der Waals surface area contributed by atoms with Gasteiger partial charge in [-0.05, 0) is 51.9 Å². The molecule has 2 heterocycles. The van der Waals surface area contributed by atoms with Crippen molar-refractivity contribution in [3.05, 3.63) is 56.8 Å². The zero-order valence-corrected chi connectivity index (χ0v) is 27.0. The Balaban J connectivity index is 2.54. The number of amides is 4. The van der Waals surface area contributed by atoms with Gasteiger partial charge in [-0.2, -0.15) is 0 Å². The zero-order chi connectivity index (χ0) is 33.6. The van der Waals surface area contributed by atoms with Crippen molar-refractivity contribution in [2.24, 2.45) is 11.3 Å². The van der Waals surface area contributed by atoms with Crippen LogP contribution in [0.1, 0.15) is 80.1 Å². The van der Waals surface area contributed by atoms with Crippen molar-refractivity contribution in [2.45, 2.75) is 117 Å². The lowest BCUT2D eigenvalue weighted by Gasteiger charge is -2.49. The fraction of sp³-hybridized carbons (Fsp3) is 0.677. The van der Waals surface area contributed by atoms with Crippen LogP contribution in [0.25, 0.3) is 0 Å². The van der Waals surface area contributed by atoms with E-state index >= 15 is 0 Å². The second kappa shape index (κ2) is 14.9. The first kappa shape index (κ1) is 36.6. The van der Waals surface area contributed by atoms with E-state index in [1.54, 1.807) is 33.8 Å². The first-order chi connectivity index (χ1) is 20.6. The van der Waals surface area contributed by atoms with Gasteiger partial charge in [0.05, 0.1) is 38.4 Å². The van der Waals surface area contributed by atoms with Crippen LogP contribution in [-0.4, -0.2) is 75.9 Å². The number of nitrogens with zero attached hydrogens (tertiary/aromatic N) is 5. The van der Waals surface area contributed by atoms with Crippen LogP contribution in [0, 0.1) is 11.3 Å². The minimum Gasteiger partial charge on any atom is -0.391 e. The van der Waals surface area contributed by atoms with Crippen molar-refractivity contribution < 1.29 is 24.6 Å². The first-order valence-corrected chi connectivity index (χ1v) is 15.3. The Morgan fingerprint density at radius 3 is 1.80 bits per heavy atom. The predicted octanol–water partition coefficient (Wildman–Crippen LogP) is 1.86. The number of hydrogen-bond donors (Lipinski definition) is 2. The van der Waals surface area contributed by atoms with E-state index in [2.05, 4.69) is 13.2 Å². The van der Waals surface area contributed by atoms with Crippen LogP contribution < -0.4 is 17.1 Å². The minimum absolute atomic E-state index is 0.0214. The number of allylic oxidation sites excluding steroid dienone is 2. The number of aromatic nitrogens is 3. The van der Waals surface area contributed by atoms with Crippen molar-refractivity contribution >= 4 is 17.8 Å². The summed E-state index contributed by atoms with van der Waals surface area (Å²) in [5.74, 6) is -1.32. The number of aliphatic hydroxyl groups is 2. The summed E-state index contributed by atoms with van der Waals surface area (Å²) in [6.45, 7) is 16.0. The van der Waals surface area contributed by atoms with E-state index < -0.39 is 77.7 Å². The molecular formula is C31H49N5O8. The molecule has 1 aliphatic heterocycles. The number of carbonyl (C=O) groups excluding carboxylic acids is 3. The van der Waals surface area contributed by atoms with E-state index in [4.69, 9.17) is 0 Å². The molecule has 4 amide bonds. The number of rotatable bonds is 17. The van der Waals surface area contributed by atoms with Gasteiger partial charge in [-0.3, -0.25) is 19.4 Å². The van der Waals surface area contributed by atoms with E-state index in [1.807, 2.05) is 13.8 Å². The molecule has 0 saturated carbocycles. The third-order valence-electron chi connectivity index (χ3n) is 8.48. The Labute approximate surface area is 258 Å². The van der Waals surface area contributed by atoms with Gasteiger partial charge < -0.3 is 10.2 Å². The molecule has 1 fully saturated rings. The van der Waals surface area contributed by atoms with Crippen LogP contribution in [0.2, 0.25) is 0 Å². The Morgan fingerprint density at radius 1 is 0.795 bits per heavy atom. The molecule has 1 aliphatic rings. The Morgan fingerprint density at radius 2 is 1.32 bits per heavy atom. The normalized spacial score (nSPS) is 17.5. The van der Waals surface area contributed by atoms with Crippen LogP contribution in [0.4, 0.5) is 4.79 Å². The third-order valence-corrected chi connectivity index (χ3v) is 8.48. The maximum Gasteiger partial charge on any atom is 0.336 e. The quantitative estimate of drug-likeness (QED) is 0.197. The molecule has 0 radical (unpaired) electrons. The molecule has 2 N–H and O–H groups in total. The molecule has 2 rings (SSSR count). The van der Waals surface area contributed by atoms with Gasteiger partial charge in [0, 0.05) is 5.54 Å². The molecule has 44 heavy (non-hydrogen) atoms. The molecule has 1 saturated heterocycles. The fourth-order valence-corrected chi connectivity index (χ4v) is 6.02.